The number of carbonyl (C=O) groups is 1. The molecule has 5 rings (SSSR count). The molecule has 9 nitrogen and oxygen atoms in total. The molecule has 0 aliphatic carbocycles. The summed E-state index contributed by atoms with van der Waals surface area (Å²) in [7, 11) is 1.64. The summed E-state index contributed by atoms with van der Waals surface area (Å²) < 4.78 is 5.67. The molecule has 162 valence electrons. The number of rotatable bonds is 6. The number of piperidine rings is 1. The van der Waals surface area contributed by atoms with Gasteiger partial charge in [0, 0.05) is 63.3 Å². The van der Waals surface area contributed by atoms with Gasteiger partial charge in [0.1, 0.15) is 5.82 Å². The first-order valence-corrected chi connectivity index (χ1v) is 10.9. The minimum absolute atomic E-state index is 0.0251. The number of imidazole rings is 1. The topological polar surface area (TPSA) is 98.8 Å². The molecule has 3 aromatic rings. The number of pyridine rings is 1. The predicted octanol–water partition coefficient (Wildman–Crippen LogP) is 1.13. The van der Waals surface area contributed by atoms with Gasteiger partial charge in [-0.3, -0.25) is 18.8 Å². The predicted molar refractivity (Wildman–Crippen MR) is 116 cm³/mol. The van der Waals surface area contributed by atoms with E-state index in [1.165, 1.54) is 0 Å². The highest BCUT2D eigenvalue weighted by Gasteiger charge is 2.31. The maximum atomic E-state index is 13.4. The molecule has 0 radical (unpaired) electrons. The van der Waals surface area contributed by atoms with E-state index >= 15 is 0 Å². The lowest BCUT2D eigenvalue weighted by atomic mass is 9.84. The summed E-state index contributed by atoms with van der Waals surface area (Å²) in [6.45, 7) is 3.31. The van der Waals surface area contributed by atoms with Gasteiger partial charge >= 0.3 is 0 Å². The second-order valence-electron chi connectivity index (χ2n) is 8.40. The average Bonchev–Trinajstić information content (AvgIpc) is 3.44. The second-order valence-corrected chi connectivity index (χ2v) is 8.40. The first-order valence-electron chi connectivity index (χ1n) is 10.9. The Morgan fingerprint density at radius 1 is 1.32 bits per heavy atom. The van der Waals surface area contributed by atoms with E-state index in [0.29, 0.717) is 42.6 Å². The van der Waals surface area contributed by atoms with E-state index in [2.05, 4.69) is 26.8 Å². The number of aryl methyl sites for hydroxylation is 1. The van der Waals surface area contributed by atoms with E-state index in [0.717, 1.165) is 37.4 Å². The molecular formula is C22H27N7O2. The summed E-state index contributed by atoms with van der Waals surface area (Å²) in [4.78, 5) is 29.3. The lowest BCUT2D eigenvalue weighted by molar-refractivity contribution is -0.120. The fraction of sp³-hybridized carbons (Fsp3) is 0.455. The SMILES string of the molecule is CNC(=O)CCCn1cc(-n2ccnc2-c2ccc3n(c2=O)C[C@@H]2CNC[C@H]3C2)cn1. The maximum Gasteiger partial charge on any atom is 0.261 e. The van der Waals surface area contributed by atoms with Crippen LogP contribution in [0.5, 0.6) is 0 Å². The van der Waals surface area contributed by atoms with Crippen LogP contribution in [0.15, 0.2) is 41.7 Å². The molecule has 0 saturated carbocycles. The van der Waals surface area contributed by atoms with Crippen LogP contribution in [0.2, 0.25) is 0 Å². The van der Waals surface area contributed by atoms with E-state index in [9.17, 15) is 9.59 Å². The molecule has 2 atom stereocenters. The van der Waals surface area contributed by atoms with Gasteiger partial charge in [-0.15, -0.1) is 0 Å². The molecule has 2 aliphatic rings. The number of hydrogen-bond donors (Lipinski definition) is 2. The standard InChI is InChI=1S/C22H27N7O2/c1-23-20(30)3-2-7-27-14-17(12-26-27)28-8-6-25-21(28)18-4-5-19-16-9-15(10-24-11-16)13-29(19)22(18)31/h4-6,8,12,14-16,24H,2-3,7,9-11,13H2,1H3,(H,23,30)/t15-,16+/m0/s1. The third-order valence-corrected chi connectivity index (χ3v) is 6.36. The van der Waals surface area contributed by atoms with Crippen molar-refractivity contribution in [2.75, 3.05) is 20.1 Å². The minimum atomic E-state index is 0.0251. The van der Waals surface area contributed by atoms with Gasteiger partial charge in [-0.25, -0.2) is 4.98 Å². The molecule has 5 heterocycles. The van der Waals surface area contributed by atoms with Crippen LogP contribution in [0.25, 0.3) is 17.1 Å². The molecule has 0 aromatic carbocycles. The smallest absolute Gasteiger partial charge is 0.261 e. The van der Waals surface area contributed by atoms with Crippen LogP contribution in [0.3, 0.4) is 0 Å². The van der Waals surface area contributed by atoms with E-state index < -0.39 is 0 Å². The number of nitrogens with one attached hydrogen (secondary N) is 2. The van der Waals surface area contributed by atoms with E-state index in [1.54, 1.807) is 19.4 Å². The zero-order chi connectivity index (χ0) is 21.4. The summed E-state index contributed by atoms with van der Waals surface area (Å²) in [5.41, 5.74) is 2.60. The Kier molecular flexibility index (Phi) is 5.19. The highest BCUT2D eigenvalue weighted by Crippen LogP contribution is 2.32. The van der Waals surface area contributed by atoms with E-state index in [4.69, 9.17) is 0 Å². The number of amides is 1. The van der Waals surface area contributed by atoms with Gasteiger partial charge < -0.3 is 15.2 Å². The lowest BCUT2D eigenvalue weighted by Gasteiger charge is -2.37. The van der Waals surface area contributed by atoms with Crippen molar-refractivity contribution in [3.8, 4) is 17.1 Å². The molecule has 2 bridgehead atoms. The first kappa shape index (κ1) is 19.7. The summed E-state index contributed by atoms with van der Waals surface area (Å²) in [5.74, 6) is 1.56. The largest absolute Gasteiger partial charge is 0.359 e. The third kappa shape index (κ3) is 3.69. The number of carbonyl (C=O) groups excluding carboxylic acids is 1. The van der Waals surface area contributed by atoms with Crippen LogP contribution in [0, 0.1) is 5.92 Å². The van der Waals surface area contributed by atoms with Crippen LogP contribution >= 0.6 is 0 Å². The molecule has 1 amide bonds. The quantitative estimate of drug-likeness (QED) is 0.622. The Morgan fingerprint density at radius 3 is 3.10 bits per heavy atom. The Labute approximate surface area is 180 Å². The highest BCUT2D eigenvalue weighted by atomic mass is 16.1. The number of hydrogen-bond acceptors (Lipinski definition) is 5. The average molecular weight is 422 g/mol. The van der Waals surface area contributed by atoms with E-state index in [1.807, 2.05) is 32.3 Å². The fourth-order valence-electron chi connectivity index (χ4n) is 4.80. The molecule has 9 heteroatoms. The second kappa shape index (κ2) is 8.14. The lowest BCUT2D eigenvalue weighted by Crippen LogP contribution is -2.45. The van der Waals surface area contributed by atoms with Crippen LogP contribution in [-0.2, 0) is 17.9 Å². The molecule has 31 heavy (non-hydrogen) atoms. The molecule has 0 unspecified atom stereocenters. The summed E-state index contributed by atoms with van der Waals surface area (Å²) in [5, 5.41) is 10.5. The number of aromatic nitrogens is 5. The summed E-state index contributed by atoms with van der Waals surface area (Å²) in [6, 6.07) is 4.00. The molecule has 2 N–H and O–H groups in total. The van der Waals surface area contributed by atoms with Crippen molar-refractivity contribution in [2.45, 2.75) is 38.3 Å². The van der Waals surface area contributed by atoms with Gasteiger partial charge in [0.15, 0.2) is 0 Å². The van der Waals surface area contributed by atoms with Crippen LogP contribution in [0.1, 0.15) is 30.9 Å². The summed E-state index contributed by atoms with van der Waals surface area (Å²) >= 11 is 0. The van der Waals surface area contributed by atoms with Gasteiger partial charge in [-0.1, -0.05) is 0 Å². The van der Waals surface area contributed by atoms with E-state index in [-0.39, 0.29) is 11.5 Å². The molecule has 1 fully saturated rings. The number of fused-ring (bicyclic) bond motifs is 4. The first-order chi connectivity index (χ1) is 15.1. The Balaban J connectivity index is 1.42. The Bertz CT molecular complexity index is 1160. The van der Waals surface area contributed by atoms with Gasteiger partial charge in [0.05, 0.1) is 17.4 Å². The molecule has 1 saturated heterocycles. The van der Waals surface area contributed by atoms with Gasteiger partial charge in [-0.05, 0) is 37.4 Å². The van der Waals surface area contributed by atoms with Gasteiger partial charge in [-0.2, -0.15) is 5.10 Å². The third-order valence-electron chi connectivity index (χ3n) is 6.36. The minimum Gasteiger partial charge on any atom is -0.359 e. The van der Waals surface area contributed by atoms with Crippen molar-refractivity contribution in [2.24, 2.45) is 5.92 Å². The highest BCUT2D eigenvalue weighted by molar-refractivity contribution is 5.75. The molecule has 0 spiro atoms. The Morgan fingerprint density at radius 2 is 2.23 bits per heavy atom. The molecule has 2 aliphatic heterocycles. The maximum absolute atomic E-state index is 13.4. The molecule has 3 aromatic heterocycles. The zero-order valence-electron chi connectivity index (χ0n) is 17.6. The van der Waals surface area contributed by atoms with Gasteiger partial charge in [0.2, 0.25) is 5.91 Å². The Hall–Kier alpha value is -3.20. The monoisotopic (exact) mass is 421 g/mol. The molecular weight excluding hydrogens is 394 g/mol. The van der Waals surface area contributed by atoms with Crippen molar-refractivity contribution in [3.63, 3.8) is 0 Å². The fourth-order valence-corrected chi connectivity index (χ4v) is 4.80. The number of nitrogens with zero attached hydrogens (tertiary/aromatic N) is 5. The van der Waals surface area contributed by atoms with Crippen molar-refractivity contribution < 1.29 is 4.79 Å². The van der Waals surface area contributed by atoms with Crippen LogP contribution in [0.4, 0.5) is 0 Å². The van der Waals surface area contributed by atoms with Crippen LogP contribution < -0.4 is 16.2 Å². The summed E-state index contributed by atoms with van der Waals surface area (Å²) in [6.07, 6.45) is 9.56. The van der Waals surface area contributed by atoms with Crippen molar-refractivity contribution in [1.29, 1.82) is 0 Å². The van der Waals surface area contributed by atoms with Crippen molar-refractivity contribution in [1.82, 2.24) is 34.5 Å². The normalized spacial score (nSPS) is 19.8. The van der Waals surface area contributed by atoms with Gasteiger partial charge in [0.25, 0.3) is 5.56 Å². The zero-order valence-corrected chi connectivity index (χ0v) is 17.6. The van der Waals surface area contributed by atoms with Crippen molar-refractivity contribution >= 4 is 5.91 Å². The van der Waals surface area contributed by atoms with Crippen molar-refractivity contribution in [3.05, 3.63) is 53.0 Å². The van der Waals surface area contributed by atoms with Crippen LogP contribution in [-0.4, -0.2) is 49.9 Å².